The first-order valence-corrected chi connectivity index (χ1v) is 6.81. The number of nitrogens with zero attached hydrogens (tertiary/aromatic N) is 1. The van der Waals surface area contributed by atoms with Crippen molar-refractivity contribution >= 4 is 11.9 Å². The van der Waals surface area contributed by atoms with Gasteiger partial charge in [0.05, 0.1) is 18.7 Å². The molecule has 0 aromatic heterocycles. The van der Waals surface area contributed by atoms with Gasteiger partial charge in [-0.15, -0.1) is 0 Å². The van der Waals surface area contributed by atoms with Gasteiger partial charge in [0.15, 0.2) is 5.96 Å². The van der Waals surface area contributed by atoms with Crippen LogP contribution in [-0.4, -0.2) is 36.2 Å². The number of rotatable bonds is 8. The van der Waals surface area contributed by atoms with Gasteiger partial charge in [0.25, 0.3) is 0 Å². The van der Waals surface area contributed by atoms with Crippen LogP contribution < -0.4 is 22.5 Å². The molecular weight excluding hydrogens is 270 g/mol. The van der Waals surface area contributed by atoms with E-state index in [2.05, 4.69) is 10.3 Å². The van der Waals surface area contributed by atoms with Crippen molar-refractivity contribution in [2.75, 3.05) is 13.2 Å². The third-order valence-corrected chi connectivity index (χ3v) is 3.01. The van der Waals surface area contributed by atoms with E-state index in [0.29, 0.717) is 19.4 Å². The van der Waals surface area contributed by atoms with Gasteiger partial charge in [0.1, 0.15) is 0 Å². The lowest BCUT2D eigenvalue weighted by molar-refractivity contribution is -0.123. The van der Waals surface area contributed by atoms with Gasteiger partial charge in [0.2, 0.25) is 5.91 Å². The van der Waals surface area contributed by atoms with E-state index in [1.807, 2.05) is 30.3 Å². The van der Waals surface area contributed by atoms with Crippen molar-refractivity contribution in [2.45, 2.75) is 24.9 Å². The minimum absolute atomic E-state index is 0.0254. The Morgan fingerprint density at radius 3 is 2.52 bits per heavy atom. The highest BCUT2D eigenvalue weighted by Crippen LogP contribution is 2.11. The van der Waals surface area contributed by atoms with Crippen molar-refractivity contribution < 1.29 is 9.90 Å². The maximum Gasteiger partial charge on any atom is 0.237 e. The van der Waals surface area contributed by atoms with Crippen LogP contribution in [-0.2, 0) is 4.79 Å². The van der Waals surface area contributed by atoms with Crippen molar-refractivity contribution in [2.24, 2.45) is 22.2 Å². The zero-order chi connectivity index (χ0) is 15.7. The van der Waals surface area contributed by atoms with Crippen LogP contribution in [0.1, 0.15) is 24.4 Å². The largest absolute Gasteiger partial charge is 0.394 e. The number of hydrogen-bond donors (Lipinski definition) is 5. The molecule has 116 valence electrons. The number of benzene rings is 1. The predicted octanol–water partition coefficient (Wildman–Crippen LogP) is -0.783. The third kappa shape index (κ3) is 6.24. The molecule has 0 fully saturated rings. The Morgan fingerprint density at radius 1 is 1.29 bits per heavy atom. The van der Waals surface area contributed by atoms with E-state index in [9.17, 15) is 9.90 Å². The van der Waals surface area contributed by atoms with Crippen molar-refractivity contribution in [3.8, 4) is 0 Å². The molecule has 0 aliphatic rings. The molecule has 2 atom stereocenters. The van der Waals surface area contributed by atoms with Gasteiger partial charge in [-0.3, -0.25) is 9.79 Å². The zero-order valence-electron chi connectivity index (χ0n) is 11.9. The highest BCUT2D eigenvalue weighted by atomic mass is 16.3. The summed E-state index contributed by atoms with van der Waals surface area (Å²) < 4.78 is 0. The molecule has 0 heterocycles. The minimum Gasteiger partial charge on any atom is -0.394 e. The van der Waals surface area contributed by atoms with Crippen LogP contribution in [0.3, 0.4) is 0 Å². The van der Waals surface area contributed by atoms with E-state index in [-0.39, 0.29) is 18.5 Å². The lowest BCUT2D eigenvalue weighted by Gasteiger charge is -2.19. The molecule has 7 heteroatoms. The molecule has 1 rings (SSSR count). The number of aliphatic hydroxyl groups excluding tert-OH is 1. The Hall–Kier alpha value is -2.12. The van der Waals surface area contributed by atoms with Crippen LogP contribution in [0.4, 0.5) is 0 Å². The number of amides is 1. The number of guanidine groups is 1. The summed E-state index contributed by atoms with van der Waals surface area (Å²) in [7, 11) is 0. The highest BCUT2D eigenvalue weighted by molar-refractivity contribution is 5.81. The van der Waals surface area contributed by atoms with E-state index in [0.717, 1.165) is 5.56 Å². The maximum atomic E-state index is 12.0. The molecule has 1 aromatic carbocycles. The van der Waals surface area contributed by atoms with Gasteiger partial charge in [-0.1, -0.05) is 30.3 Å². The Labute approximate surface area is 124 Å². The molecule has 0 radical (unpaired) electrons. The predicted molar refractivity (Wildman–Crippen MR) is 82.3 cm³/mol. The first-order chi connectivity index (χ1) is 10.0. The summed E-state index contributed by atoms with van der Waals surface area (Å²) in [6.45, 7) is 0.252. The minimum atomic E-state index is -0.656. The van der Waals surface area contributed by atoms with Crippen LogP contribution in [0.15, 0.2) is 35.3 Å². The fraction of sp³-hybridized carbons (Fsp3) is 0.429. The molecule has 0 bridgehead atoms. The fourth-order valence-corrected chi connectivity index (χ4v) is 1.85. The van der Waals surface area contributed by atoms with Crippen LogP contribution in [0.25, 0.3) is 0 Å². The third-order valence-electron chi connectivity index (χ3n) is 3.01. The first-order valence-electron chi connectivity index (χ1n) is 6.81. The molecule has 0 aliphatic heterocycles. The van der Waals surface area contributed by atoms with Crippen molar-refractivity contribution in [3.63, 3.8) is 0 Å². The lowest BCUT2D eigenvalue weighted by Crippen LogP contribution is -2.43. The Balaban J connectivity index is 2.45. The summed E-state index contributed by atoms with van der Waals surface area (Å²) in [6, 6.07) is 8.13. The van der Waals surface area contributed by atoms with Crippen molar-refractivity contribution in [1.82, 2.24) is 5.32 Å². The smallest absolute Gasteiger partial charge is 0.237 e. The van der Waals surface area contributed by atoms with Crippen molar-refractivity contribution in [1.29, 1.82) is 0 Å². The number of carbonyl (C=O) groups excluding carboxylic acids is 1. The van der Waals surface area contributed by atoms with E-state index in [4.69, 9.17) is 17.2 Å². The van der Waals surface area contributed by atoms with Gasteiger partial charge in [-0.2, -0.15) is 0 Å². The molecule has 7 nitrogen and oxygen atoms in total. The van der Waals surface area contributed by atoms with E-state index >= 15 is 0 Å². The average molecular weight is 293 g/mol. The number of nitrogens with two attached hydrogens (primary N) is 3. The van der Waals surface area contributed by atoms with Gasteiger partial charge in [-0.05, 0) is 18.4 Å². The molecule has 0 spiro atoms. The van der Waals surface area contributed by atoms with Crippen molar-refractivity contribution in [3.05, 3.63) is 35.9 Å². The Bertz CT molecular complexity index is 460. The van der Waals surface area contributed by atoms with Gasteiger partial charge in [-0.25, -0.2) is 0 Å². The highest BCUT2D eigenvalue weighted by Gasteiger charge is 2.18. The molecular formula is C14H23N5O2. The number of nitrogens with one attached hydrogen (secondary N) is 1. The summed E-state index contributed by atoms with van der Waals surface area (Å²) in [5.74, 6) is -0.278. The monoisotopic (exact) mass is 293 g/mol. The standard InChI is InChI=1S/C14H23N5O2/c15-11(7-4-8-18-14(16)17)13(21)19-12(9-20)10-5-2-1-3-6-10/h1-3,5-6,11-12,20H,4,7-9,15H2,(H,19,21)(H4,16,17,18)/t11-,12?/m1/s1. The van der Waals surface area contributed by atoms with Crippen LogP contribution in [0.2, 0.25) is 0 Å². The second-order valence-electron chi connectivity index (χ2n) is 4.71. The molecule has 0 saturated heterocycles. The van der Waals surface area contributed by atoms with Crippen LogP contribution >= 0.6 is 0 Å². The summed E-state index contributed by atoms with van der Waals surface area (Å²) in [5, 5.41) is 12.1. The van der Waals surface area contributed by atoms with E-state index in [1.165, 1.54) is 0 Å². The number of carbonyl (C=O) groups is 1. The average Bonchev–Trinajstić information content (AvgIpc) is 2.49. The lowest BCUT2D eigenvalue weighted by atomic mass is 10.1. The van der Waals surface area contributed by atoms with Gasteiger partial charge >= 0.3 is 0 Å². The SMILES string of the molecule is NC(N)=NCCC[C@@H](N)C(=O)NC(CO)c1ccccc1. The maximum absolute atomic E-state index is 12.0. The Morgan fingerprint density at radius 2 is 1.95 bits per heavy atom. The summed E-state index contributed by atoms with van der Waals surface area (Å²) >= 11 is 0. The molecule has 1 unspecified atom stereocenters. The Kier molecular flexibility index (Phi) is 7.20. The summed E-state index contributed by atoms with van der Waals surface area (Å²) in [6.07, 6.45) is 1.08. The fourth-order valence-electron chi connectivity index (χ4n) is 1.85. The quantitative estimate of drug-likeness (QED) is 0.243. The van der Waals surface area contributed by atoms with Gasteiger partial charge < -0.3 is 27.6 Å². The number of hydrogen-bond acceptors (Lipinski definition) is 4. The summed E-state index contributed by atoms with van der Waals surface area (Å²) in [5.41, 5.74) is 17.1. The summed E-state index contributed by atoms with van der Waals surface area (Å²) in [4.78, 5) is 15.8. The van der Waals surface area contributed by atoms with E-state index < -0.39 is 12.1 Å². The number of aliphatic hydroxyl groups is 1. The van der Waals surface area contributed by atoms with Crippen LogP contribution in [0, 0.1) is 0 Å². The molecule has 1 amide bonds. The molecule has 21 heavy (non-hydrogen) atoms. The molecule has 0 aliphatic carbocycles. The molecule has 8 N–H and O–H groups in total. The number of aliphatic imine (C=N–C) groups is 1. The normalized spacial score (nSPS) is 13.2. The topological polar surface area (TPSA) is 140 Å². The second-order valence-corrected chi connectivity index (χ2v) is 4.71. The second kappa shape index (κ2) is 8.93. The molecule has 0 saturated carbocycles. The van der Waals surface area contributed by atoms with Crippen LogP contribution in [0.5, 0.6) is 0 Å². The zero-order valence-corrected chi connectivity index (χ0v) is 11.9. The van der Waals surface area contributed by atoms with E-state index in [1.54, 1.807) is 0 Å². The first kappa shape index (κ1) is 16.9. The van der Waals surface area contributed by atoms with Gasteiger partial charge in [0, 0.05) is 6.54 Å². The molecule has 1 aromatic rings.